The number of nitrogens with one attached hydrogen (secondary N) is 1. The van der Waals surface area contributed by atoms with Crippen LogP contribution in [0.2, 0.25) is 0 Å². The Morgan fingerprint density at radius 3 is 2.44 bits per heavy atom. The summed E-state index contributed by atoms with van der Waals surface area (Å²) in [5.74, 6) is 0.0547. The average molecular weight is 349 g/mol. The molecule has 1 aromatic heterocycles. The number of esters is 1. The molecule has 0 aliphatic carbocycles. The minimum Gasteiger partial charge on any atom is -0.465 e. The molecule has 0 spiro atoms. The lowest BCUT2D eigenvalue weighted by Gasteiger charge is -2.21. The van der Waals surface area contributed by atoms with E-state index in [-0.39, 0.29) is 5.56 Å². The Balaban J connectivity index is 2.29. The predicted molar refractivity (Wildman–Crippen MR) is 92.7 cm³/mol. The lowest BCUT2D eigenvalue weighted by Crippen LogP contribution is -2.31. The normalized spacial score (nSPS) is 11.2. The van der Waals surface area contributed by atoms with E-state index in [0.717, 1.165) is 0 Å². The Hall–Kier alpha value is -2.29. The fourth-order valence-corrected chi connectivity index (χ4v) is 2.43. The topological polar surface area (TPSA) is 93.8 Å². The van der Waals surface area contributed by atoms with Gasteiger partial charge >= 0.3 is 5.97 Å². The van der Waals surface area contributed by atoms with Crippen LogP contribution in [0, 0.1) is 0 Å². The number of rotatable bonds is 9. The van der Waals surface area contributed by atoms with Crippen molar-refractivity contribution in [1.29, 1.82) is 0 Å². The number of benzene rings is 1. The molecule has 2 aromatic rings. The third-order valence-electron chi connectivity index (χ3n) is 3.77. The highest BCUT2D eigenvalue weighted by atomic mass is 16.5. The summed E-state index contributed by atoms with van der Waals surface area (Å²) in [6, 6.07) is 4.69. The van der Waals surface area contributed by atoms with Crippen LogP contribution in [0.15, 0.2) is 23.0 Å². The number of aromatic amines is 1. The van der Waals surface area contributed by atoms with E-state index in [1.54, 1.807) is 32.4 Å². The van der Waals surface area contributed by atoms with Crippen molar-refractivity contribution in [3.8, 4) is 0 Å². The number of carbonyl (C=O) groups is 1. The van der Waals surface area contributed by atoms with Crippen molar-refractivity contribution >= 4 is 16.9 Å². The Morgan fingerprint density at radius 2 is 1.84 bits per heavy atom. The lowest BCUT2D eigenvalue weighted by molar-refractivity contribution is 0.0601. The van der Waals surface area contributed by atoms with Gasteiger partial charge < -0.3 is 19.2 Å². The first kappa shape index (κ1) is 19.0. The number of carbonyl (C=O) groups excluding carboxylic acids is 1. The highest BCUT2D eigenvalue weighted by Gasteiger charge is 2.12. The van der Waals surface area contributed by atoms with Gasteiger partial charge in [-0.25, -0.2) is 9.78 Å². The van der Waals surface area contributed by atoms with Gasteiger partial charge in [-0.1, -0.05) is 0 Å². The molecule has 1 heterocycles. The van der Waals surface area contributed by atoms with Crippen LogP contribution in [-0.4, -0.2) is 68.5 Å². The van der Waals surface area contributed by atoms with Gasteiger partial charge in [-0.2, -0.15) is 0 Å². The predicted octanol–water partition coefficient (Wildman–Crippen LogP) is 0.804. The average Bonchev–Trinajstić information content (AvgIpc) is 2.62. The molecule has 0 aliphatic heterocycles. The first-order valence-electron chi connectivity index (χ1n) is 7.90. The summed E-state index contributed by atoms with van der Waals surface area (Å²) in [7, 11) is 4.59. The molecule has 0 aliphatic rings. The van der Waals surface area contributed by atoms with Gasteiger partial charge in [-0.05, 0) is 18.2 Å². The zero-order valence-electron chi connectivity index (χ0n) is 14.7. The number of fused-ring (bicyclic) bond motifs is 1. The molecule has 0 saturated heterocycles. The molecule has 1 aromatic carbocycles. The monoisotopic (exact) mass is 349 g/mol. The van der Waals surface area contributed by atoms with E-state index in [2.05, 4.69) is 14.9 Å². The molecule has 136 valence electrons. The molecule has 8 nitrogen and oxygen atoms in total. The molecule has 0 amide bonds. The first-order chi connectivity index (χ1) is 12.1. The molecular formula is C17H23N3O5. The highest BCUT2D eigenvalue weighted by molar-refractivity contribution is 5.93. The smallest absolute Gasteiger partial charge is 0.337 e. The van der Waals surface area contributed by atoms with Gasteiger partial charge in [-0.3, -0.25) is 9.69 Å². The van der Waals surface area contributed by atoms with Crippen LogP contribution in [0.5, 0.6) is 0 Å². The summed E-state index contributed by atoms with van der Waals surface area (Å²) < 4.78 is 14.9. The Kier molecular flexibility index (Phi) is 7.05. The summed E-state index contributed by atoms with van der Waals surface area (Å²) in [6.45, 7) is 2.94. The minimum absolute atomic E-state index is 0.241. The first-order valence-corrected chi connectivity index (χ1v) is 7.90. The van der Waals surface area contributed by atoms with E-state index in [0.29, 0.717) is 55.1 Å². The number of ether oxygens (including phenoxy) is 3. The van der Waals surface area contributed by atoms with Crippen molar-refractivity contribution < 1.29 is 19.0 Å². The third kappa shape index (κ3) is 5.09. The van der Waals surface area contributed by atoms with Crippen LogP contribution < -0.4 is 5.56 Å². The second-order valence-electron chi connectivity index (χ2n) is 5.50. The zero-order valence-corrected chi connectivity index (χ0v) is 14.7. The lowest BCUT2D eigenvalue weighted by atomic mass is 10.1. The van der Waals surface area contributed by atoms with Crippen molar-refractivity contribution in [1.82, 2.24) is 14.9 Å². The second kappa shape index (κ2) is 9.26. The fourth-order valence-electron chi connectivity index (χ4n) is 2.43. The van der Waals surface area contributed by atoms with Crippen molar-refractivity contribution in [3.05, 3.63) is 39.9 Å². The third-order valence-corrected chi connectivity index (χ3v) is 3.77. The zero-order chi connectivity index (χ0) is 18.2. The van der Waals surface area contributed by atoms with E-state index in [4.69, 9.17) is 14.2 Å². The van der Waals surface area contributed by atoms with Crippen molar-refractivity contribution in [2.75, 3.05) is 47.6 Å². The second-order valence-corrected chi connectivity index (χ2v) is 5.50. The maximum Gasteiger partial charge on any atom is 0.337 e. The van der Waals surface area contributed by atoms with Gasteiger partial charge in [0.1, 0.15) is 5.82 Å². The molecule has 0 fully saturated rings. The molecule has 8 heteroatoms. The van der Waals surface area contributed by atoms with E-state index in [1.807, 2.05) is 0 Å². The Morgan fingerprint density at radius 1 is 1.16 bits per heavy atom. The molecule has 2 rings (SSSR count). The summed E-state index contributed by atoms with van der Waals surface area (Å²) >= 11 is 0. The Labute approximate surface area is 145 Å². The van der Waals surface area contributed by atoms with E-state index in [9.17, 15) is 9.59 Å². The van der Waals surface area contributed by atoms with E-state index >= 15 is 0 Å². The number of hydrogen-bond acceptors (Lipinski definition) is 7. The molecule has 0 atom stereocenters. The van der Waals surface area contributed by atoms with Gasteiger partial charge in [0.15, 0.2) is 0 Å². The molecule has 0 radical (unpaired) electrons. The van der Waals surface area contributed by atoms with Gasteiger partial charge in [-0.15, -0.1) is 0 Å². The Bertz CT molecular complexity index is 766. The van der Waals surface area contributed by atoms with Crippen LogP contribution in [-0.2, 0) is 20.8 Å². The minimum atomic E-state index is -0.465. The summed E-state index contributed by atoms with van der Waals surface area (Å²) in [4.78, 5) is 33.3. The molecule has 0 saturated carbocycles. The van der Waals surface area contributed by atoms with Crippen LogP contribution in [0.4, 0.5) is 0 Å². The van der Waals surface area contributed by atoms with Crippen molar-refractivity contribution in [2.45, 2.75) is 6.54 Å². The van der Waals surface area contributed by atoms with Gasteiger partial charge in [0.2, 0.25) is 0 Å². The fraction of sp³-hybridized carbons (Fsp3) is 0.471. The van der Waals surface area contributed by atoms with Crippen LogP contribution >= 0.6 is 0 Å². The summed E-state index contributed by atoms with van der Waals surface area (Å²) in [6.07, 6.45) is 0. The number of nitrogens with zero attached hydrogens (tertiary/aromatic N) is 2. The molecule has 0 unspecified atom stereocenters. The van der Waals surface area contributed by atoms with Crippen molar-refractivity contribution in [2.24, 2.45) is 0 Å². The van der Waals surface area contributed by atoms with Gasteiger partial charge in [0.25, 0.3) is 5.56 Å². The van der Waals surface area contributed by atoms with Crippen LogP contribution in [0.1, 0.15) is 16.2 Å². The molecule has 0 bridgehead atoms. The van der Waals surface area contributed by atoms with E-state index < -0.39 is 5.97 Å². The van der Waals surface area contributed by atoms with Crippen LogP contribution in [0.25, 0.3) is 10.9 Å². The largest absolute Gasteiger partial charge is 0.465 e. The molecular weight excluding hydrogens is 326 g/mol. The van der Waals surface area contributed by atoms with E-state index in [1.165, 1.54) is 7.11 Å². The van der Waals surface area contributed by atoms with Crippen molar-refractivity contribution in [3.63, 3.8) is 0 Å². The number of aromatic nitrogens is 2. The van der Waals surface area contributed by atoms with Gasteiger partial charge in [0.05, 0.1) is 43.3 Å². The quantitative estimate of drug-likeness (QED) is 0.669. The molecule has 25 heavy (non-hydrogen) atoms. The summed E-state index contributed by atoms with van der Waals surface area (Å²) in [5, 5.41) is 0.428. The number of methoxy groups -OCH3 is 3. The standard InChI is InChI=1S/C17H23N3O5/c1-23-8-6-20(7-9-24-2)11-15-18-14-10-12(17(22)25-3)4-5-13(14)16(21)19-15/h4-5,10H,6-9,11H2,1-3H3,(H,18,19,21). The SMILES string of the molecule is COCCN(CCOC)Cc1nc2cc(C(=O)OC)ccc2c(=O)[nH]1. The number of H-pyrrole nitrogens is 1. The number of hydrogen-bond donors (Lipinski definition) is 1. The van der Waals surface area contributed by atoms with Gasteiger partial charge in [0, 0.05) is 27.3 Å². The molecule has 1 N–H and O–H groups in total. The maximum absolute atomic E-state index is 12.3. The summed E-state index contributed by atoms with van der Waals surface area (Å²) in [5.41, 5.74) is 0.574. The van der Waals surface area contributed by atoms with Crippen LogP contribution in [0.3, 0.4) is 0 Å². The maximum atomic E-state index is 12.3. The highest BCUT2D eigenvalue weighted by Crippen LogP contribution is 2.12.